The largest absolute Gasteiger partial charge is 0.348 e. The molecule has 0 aliphatic heterocycles. The van der Waals surface area contributed by atoms with Crippen LogP contribution in [0.1, 0.15) is 21.5 Å². The van der Waals surface area contributed by atoms with Crippen LogP contribution in [0.2, 0.25) is 0 Å². The number of carbonyl (C=O) groups excluding carboxylic acids is 2. The van der Waals surface area contributed by atoms with E-state index in [-0.39, 0.29) is 11.8 Å². The van der Waals surface area contributed by atoms with Gasteiger partial charge in [0.25, 0.3) is 11.8 Å². The molecule has 4 heteroatoms. The molecule has 2 amide bonds. The maximum absolute atomic E-state index is 12.5. The number of hydrogen-bond donors (Lipinski definition) is 1. The second kappa shape index (κ2) is 9.33. The number of nitrogens with zero attached hydrogens (tertiary/aromatic N) is 1. The van der Waals surface area contributed by atoms with Crippen molar-refractivity contribution in [3.05, 3.63) is 114 Å². The SMILES string of the molecule is C=CC(=O)N(Cc1cccc(C(=O)NCc2ccccc2)c1)c1ccccc1. The first kappa shape index (κ1) is 19.1. The van der Waals surface area contributed by atoms with Crippen molar-refractivity contribution in [3.8, 4) is 0 Å². The minimum absolute atomic E-state index is 0.146. The second-order valence-electron chi connectivity index (χ2n) is 6.33. The Balaban J connectivity index is 1.73. The van der Waals surface area contributed by atoms with Crippen LogP contribution in [-0.4, -0.2) is 11.8 Å². The van der Waals surface area contributed by atoms with E-state index in [0.29, 0.717) is 18.7 Å². The van der Waals surface area contributed by atoms with Gasteiger partial charge < -0.3 is 10.2 Å². The fourth-order valence-corrected chi connectivity index (χ4v) is 2.89. The zero-order valence-corrected chi connectivity index (χ0v) is 15.5. The van der Waals surface area contributed by atoms with Gasteiger partial charge in [-0.3, -0.25) is 9.59 Å². The molecule has 140 valence electrons. The van der Waals surface area contributed by atoms with Crippen LogP contribution in [0, 0.1) is 0 Å². The van der Waals surface area contributed by atoms with Gasteiger partial charge in [0.15, 0.2) is 0 Å². The van der Waals surface area contributed by atoms with Gasteiger partial charge in [0.1, 0.15) is 0 Å². The molecule has 0 unspecified atom stereocenters. The molecule has 0 heterocycles. The number of para-hydroxylation sites is 1. The van der Waals surface area contributed by atoms with Gasteiger partial charge in [-0.15, -0.1) is 0 Å². The normalized spacial score (nSPS) is 10.1. The van der Waals surface area contributed by atoms with Gasteiger partial charge in [-0.2, -0.15) is 0 Å². The van der Waals surface area contributed by atoms with Crippen molar-refractivity contribution in [2.24, 2.45) is 0 Å². The fourth-order valence-electron chi connectivity index (χ4n) is 2.89. The van der Waals surface area contributed by atoms with E-state index >= 15 is 0 Å². The van der Waals surface area contributed by atoms with Crippen LogP contribution >= 0.6 is 0 Å². The highest BCUT2D eigenvalue weighted by atomic mass is 16.2. The molecule has 3 rings (SSSR count). The molecule has 0 atom stereocenters. The molecule has 0 aliphatic rings. The molecule has 0 aliphatic carbocycles. The topological polar surface area (TPSA) is 49.4 Å². The van der Waals surface area contributed by atoms with Gasteiger partial charge in [0.05, 0.1) is 6.54 Å². The van der Waals surface area contributed by atoms with Gasteiger partial charge in [-0.25, -0.2) is 0 Å². The summed E-state index contributed by atoms with van der Waals surface area (Å²) in [6, 6.07) is 26.5. The van der Waals surface area contributed by atoms with Crippen LogP contribution in [0.5, 0.6) is 0 Å². The van der Waals surface area contributed by atoms with E-state index in [9.17, 15) is 9.59 Å². The van der Waals surface area contributed by atoms with Crippen LogP contribution in [0.3, 0.4) is 0 Å². The van der Waals surface area contributed by atoms with Crippen molar-refractivity contribution in [3.63, 3.8) is 0 Å². The van der Waals surface area contributed by atoms with Crippen LogP contribution in [0.25, 0.3) is 0 Å². The maximum atomic E-state index is 12.5. The summed E-state index contributed by atoms with van der Waals surface area (Å²) in [5.41, 5.74) is 3.25. The first-order valence-electron chi connectivity index (χ1n) is 9.07. The molecule has 3 aromatic rings. The van der Waals surface area contributed by atoms with Gasteiger partial charge >= 0.3 is 0 Å². The van der Waals surface area contributed by atoms with E-state index in [1.807, 2.05) is 78.9 Å². The standard InChI is InChI=1S/C24H22N2O2/c1-2-23(27)26(22-14-7-4-8-15-22)18-20-12-9-13-21(16-20)24(28)25-17-19-10-5-3-6-11-19/h2-16H,1,17-18H2,(H,25,28). The molecular formula is C24H22N2O2. The Morgan fingerprint density at radius 3 is 2.18 bits per heavy atom. The smallest absolute Gasteiger partial charge is 0.251 e. The molecule has 0 bridgehead atoms. The number of hydrogen-bond acceptors (Lipinski definition) is 2. The van der Waals surface area contributed by atoms with E-state index in [1.54, 1.807) is 11.0 Å². The summed E-state index contributed by atoms with van der Waals surface area (Å²) in [6.45, 7) is 4.42. The molecule has 0 spiro atoms. The third kappa shape index (κ3) is 4.95. The van der Waals surface area contributed by atoms with Crippen LogP contribution in [-0.2, 0) is 17.9 Å². The molecule has 0 radical (unpaired) electrons. The molecular weight excluding hydrogens is 348 g/mol. The summed E-state index contributed by atoms with van der Waals surface area (Å²) >= 11 is 0. The quantitative estimate of drug-likeness (QED) is 0.629. The monoisotopic (exact) mass is 370 g/mol. The van der Waals surface area contributed by atoms with Crippen molar-refractivity contribution in [2.45, 2.75) is 13.1 Å². The summed E-state index contributed by atoms with van der Waals surface area (Å²) < 4.78 is 0. The van der Waals surface area contributed by atoms with Crippen molar-refractivity contribution in [2.75, 3.05) is 4.90 Å². The van der Waals surface area contributed by atoms with Crippen molar-refractivity contribution in [1.29, 1.82) is 0 Å². The van der Waals surface area contributed by atoms with Gasteiger partial charge in [0.2, 0.25) is 0 Å². The Morgan fingerprint density at radius 2 is 1.50 bits per heavy atom. The summed E-state index contributed by atoms with van der Waals surface area (Å²) in [5.74, 6) is -0.336. The lowest BCUT2D eigenvalue weighted by Crippen LogP contribution is -2.28. The minimum Gasteiger partial charge on any atom is -0.348 e. The van der Waals surface area contributed by atoms with Crippen LogP contribution in [0.15, 0.2) is 97.6 Å². The van der Waals surface area contributed by atoms with E-state index in [1.165, 1.54) is 6.08 Å². The van der Waals surface area contributed by atoms with E-state index in [4.69, 9.17) is 0 Å². The molecule has 3 aromatic carbocycles. The fraction of sp³-hybridized carbons (Fsp3) is 0.0833. The third-order valence-corrected chi connectivity index (χ3v) is 4.33. The molecule has 1 N–H and O–H groups in total. The van der Waals surface area contributed by atoms with Gasteiger partial charge in [0, 0.05) is 17.8 Å². The van der Waals surface area contributed by atoms with Gasteiger partial charge in [-0.1, -0.05) is 67.2 Å². The first-order chi connectivity index (χ1) is 13.7. The highest BCUT2D eigenvalue weighted by Crippen LogP contribution is 2.18. The Hall–Kier alpha value is -3.66. The summed E-state index contributed by atoms with van der Waals surface area (Å²) in [7, 11) is 0. The van der Waals surface area contributed by atoms with Crippen molar-refractivity contribution >= 4 is 17.5 Å². The zero-order chi connectivity index (χ0) is 19.8. The minimum atomic E-state index is -0.190. The number of anilines is 1. The zero-order valence-electron chi connectivity index (χ0n) is 15.5. The molecule has 4 nitrogen and oxygen atoms in total. The third-order valence-electron chi connectivity index (χ3n) is 4.33. The van der Waals surface area contributed by atoms with Crippen LogP contribution < -0.4 is 10.2 Å². The molecule has 0 fully saturated rings. The number of rotatable bonds is 7. The average Bonchev–Trinajstić information content (AvgIpc) is 2.77. The highest BCUT2D eigenvalue weighted by Gasteiger charge is 2.14. The Morgan fingerprint density at radius 1 is 0.857 bits per heavy atom. The van der Waals surface area contributed by atoms with Crippen molar-refractivity contribution in [1.82, 2.24) is 5.32 Å². The van der Waals surface area contributed by atoms with Crippen molar-refractivity contribution < 1.29 is 9.59 Å². The Kier molecular flexibility index (Phi) is 6.37. The van der Waals surface area contributed by atoms with E-state index in [2.05, 4.69) is 11.9 Å². The molecule has 0 saturated carbocycles. The maximum Gasteiger partial charge on any atom is 0.251 e. The van der Waals surface area contributed by atoms with E-state index < -0.39 is 0 Å². The average molecular weight is 370 g/mol. The Labute approximate surface area is 165 Å². The summed E-state index contributed by atoms with van der Waals surface area (Å²) in [6.07, 6.45) is 1.30. The summed E-state index contributed by atoms with van der Waals surface area (Å²) in [4.78, 5) is 26.5. The first-order valence-corrected chi connectivity index (χ1v) is 9.07. The molecule has 28 heavy (non-hydrogen) atoms. The highest BCUT2D eigenvalue weighted by molar-refractivity contribution is 6.01. The lowest BCUT2D eigenvalue weighted by molar-refractivity contribution is -0.114. The molecule has 0 aromatic heterocycles. The number of amides is 2. The van der Waals surface area contributed by atoms with Crippen LogP contribution in [0.4, 0.5) is 5.69 Å². The lowest BCUT2D eigenvalue weighted by atomic mass is 10.1. The second-order valence-corrected chi connectivity index (χ2v) is 6.33. The number of nitrogens with one attached hydrogen (secondary N) is 1. The number of carbonyl (C=O) groups is 2. The Bertz CT molecular complexity index is 953. The lowest BCUT2D eigenvalue weighted by Gasteiger charge is -2.21. The van der Waals surface area contributed by atoms with E-state index in [0.717, 1.165) is 16.8 Å². The predicted octanol–water partition coefficient (Wildman–Crippen LogP) is 4.34. The molecule has 0 saturated heterocycles. The van der Waals surface area contributed by atoms with Gasteiger partial charge in [-0.05, 0) is 41.5 Å². The summed E-state index contributed by atoms with van der Waals surface area (Å²) in [5, 5.41) is 2.93. The number of benzene rings is 3. The predicted molar refractivity (Wildman–Crippen MR) is 112 cm³/mol.